The summed E-state index contributed by atoms with van der Waals surface area (Å²) in [5, 5.41) is 0.413. The Kier molecular flexibility index (Phi) is 4.65. The van der Waals surface area contributed by atoms with E-state index < -0.39 is 21.6 Å². The van der Waals surface area contributed by atoms with Crippen molar-refractivity contribution in [2.24, 2.45) is 0 Å². The van der Waals surface area contributed by atoms with E-state index in [1.54, 1.807) is 13.3 Å². The van der Waals surface area contributed by atoms with Crippen molar-refractivity contribution >= 4 is 27.6 Å². The van der Waals surface area contributed by atoms with Crippen LogP contribution in [0.5, 0.6) is 5.75 Å². The number of rotatable bonds is 4. The molecule has 0 saturated carbocycles. The van der Waals surface area contributed by atoms with Gasteiger partial charge in [-0.05, 0) is 64.8 Å². The molecule has 0 aliphatic heterocycles. The minimum Gasteiger partial charge on any atom is -0.496 e. The molecule has 0 saturated heterocycles. The number of Topliss-reactive ketones (excluding diaryl/α,β-unsaturated/α-hetero) is 1. The van der Waals surface area contributed by atoms with Crippen LogP contribution in [0, 0.1) is 13.8 Å². The number of carbonyl (C=O) groups excluding carboxylic acids is 1. The number of pyridine rings is 1. The van der Waals surface area contributed by atoms with Crippen LogP contribution in [0.25, 0.3) is 11.0 Å². The summed E-state index contributed by atoms with van der Waals surface area (Å²) in [7, 11) is 0.239. The second kappa shape index (κ2) is 6.74. The third kappa shape index (κ3) is 2.90. The van der Waals surface area contributed by atoms with Gasteiger partial charge in [-0.3, -0.25) is 14.0 Å². The zero-order valence-electron chi connectivity index (χ0n) is 18.5. The lowest BCUT2D eigenvalue weighted by Crippen LogP contribution is -2.33. The van der Waals surface area contributed by atoms with Gasteiger partial charge in [0, 0.05) is 28.2 Å². The molecule has 0 fully saturated rings. The lowest BCUT2D eigenvalue weighted by Gasteiger charge is -2.21. The minimum absolute atomic E-state index is 0.205. The molecule has 0 bridgehead atoms. The first-order chi connectivity index (χ1) is 14.0. The highest BCUT2D eigenvalue weighted by Crippen LogP contribution is 2.47. The van der Waals surface area contributed by atoms with Gasteiger partial charge >= 0.3 is 0 Å². The summed E-state index contributed by atoms with van der Waals surface area (Å²) >= 11 is 0. The summed E-state index contributed by atoms with van der Waals surface area (Å²) in [6, 6.07) is 3.95. The van der Waals surface area contributed by atoms with Gasteiger partial charge in [-0.15, -0.1) is 0 Å². The van der Waals surface area contributed by atoms with Gasteiger partial charge in [0.25, 0.3) is 0 Å². The zero-order chi connectivity index (χ0) is 22.0. The molecule has 1 N–H and O–H groups in total. The Balaban J connectivity index is 1.72. The van der Waals surface area contributed by atoms with Crippen LogP contribution in [0.1, 0.15) is 55.6 Å². The molecule has 2 aromatic heterocycles. The number of H-pyrrole nitrogens is 1. The maximum atomic E-state index is 13.1. The van der Waals surface area contributed by atoms with Gasteiger partial charge in [0.05, 0.1) is 40.4 Å². The number of hydrogen-bond donors (Lipinski definition) is 1. The minimum atomic E-state index is -1.39. The highest BCUT2D eigenvalue weighted by atomic mass is 32.2. The van der Waals surface area contributed by atoms with Crippen LogP contribution in [0.3, 0.4) is 0 Å². The fourth-order valence-corrected chi connectivity index (χ4v) is 5.71. The molecular weight excluding hydrogens is 398 g/mol. The Hall–Kier alpha value is -2.54. The molecule has 3 aromatic rings. The van der Waals surface area contributed by atoms with Crippen LogP contribution in [-0.2, 0) is 32.2 Å². The van der Waals surface area contributed by atoms with Gasteiger partial charge in [0.1, 0.15) is 5.75 Å². The first kappa shape index (κ1) is 20.7. The van der Waals surface area contributed by atoms with E-state index in [1.807, 2.05) is 53.7 Å². The van der Waals surface area contributed by atoms with E-state index in [9.17, 15) is 9.00 Å². The molecule has 7 heteroatoms. The van der Waals surface area contributed by atoms with Crippen molar-refractivity contribution in [3.63, 3.8) is 0 Å². The molecule has 0 amide bonds. The predicted octanol–water partition coefficient (Wildman–Crippen LogP) is 4.03. The van der Waals surface area contributed by atoms with Gasteiger partial charge in [0.15, 0.2) is 10.9 Å². The Morgan fingerprint density at radius 3 is 2.37 bits per heavy atom. The molecule has 1 atom stereocenters. The maximum absolute atomic E-state index is 13.1. The van der Waals surface area contributed by atoms with E-state index >= 15 is 0 Å². The highest BCUT2D eigenvalue weighted by Gasteiger charge is 2.50. The van der Waals surface area contributed by atoms with Crippen LogP contribution in [0.2, 0.25) is 0 Å². The van der Waals surface area contributed by atoms with Gasteiger partial charge in [-0.2, -0.15) is 0 Å². The van der Waals surface area contributed by atoms with Gasteiger partial charge in [0.2, 0.25) is 0 Å². The fourth-order valence-electron chi connectivity index (χ4n) is 4.61. The summed E-state index contributed by atoms with van der Waals surface area (Å²) in [5.74, 6) is 1.22. The molecule has 6 nitrogen and oxygen atoms in total. The first-order valence-corrected chi connectivity index (χ1v) is 11.3. The number of methoxy groups -OCH3 is 1. The van der Waals surface area contributed by atoms with Crippen molar-refractivity contribution in [2.45, 2.75) is 63.3 Å². The van der Waals surface area contributed by atoms with Crippen LogP contribution < -0.4 is 4.74 Å². The summed E-state index contributed by atoms with van der Waals surface area (Å²) in [6.07, 6.45) is 1.74. The summed E-state index contributed by atoms with van der Waals surface area (Å²) in [4.78, 5) is 25.1. The number of carbonyl (C=O) groups is 1. The van der Waals surface area contributed by atoms with E-state index in [-0.39, 0.29) is 11.5 Å². The number of aromatic nitrogens is 3. The Morgan fingerprint density at radius 1 is 1.10 bits per heavy atom. The Labute approximate surface area is 178 Å². The highest BCUT2D eigenvalue weighted by molar-refractivity contribution is 7.84. The molecule has 158 valence electrons. The molecule has 0 radical (unpaired) electrons. The van der Waals surface area contributed by atoms with Crippen molar-refractivity contribution in [2.75, 3.05) is 7.11 Å². The van der Waals surface area contributed by atoms with Gasteiger partial charge < -0.3 is 9.72 Å². The molecule has 30 heavy (non-hydrogen) atoms. The zero-order valence-corrected chi connectivity index (χ0v) is 19.3. The average Bonchev–Trinajstić information content (AvgIpc) is 3.16. The largest absolute Gasteiger partial charge is 0.496 e. The fraction of sp³-hybridized carbons (Fsp3) is 0.435. The van der Waals surface area contributed by atoms with Crippen molar-refractivity contribution in [3.8, 4) is 5.75 Å². The molecule has 2 heterocycles. The Bertz CT molecular complexity index is 1170. The second-order valence-electron chi connectivity index (χ2n) is 9.07. The van der Waals surface area contributed by atoms with Crippen LogP contribution >= 0.6 is 0 Å². The third-order valence-corrected chi connectivity index (χ3v) is 7.47. The topological polar surface area (TPSA) is 84.9 Å². The molecule has 1 aromatic carbocycles. The monoisotopic (exact) mass is 425 g/mol. The predicted molar refractivity (Wildman–Crippen MR) is 118 cm³/mol. The van der Waals surface area contributed by atoms with Crippen LogP contribution in [-0.4, -0.2) is 32.1 Å². The molecular formula is C23H27N3O3S. The molecule has 1 aliphatic carbocycles. The standard InChI is InChI=1S/C23H27N3O3S/c1-12-10-24-18(13(2)19(12)29-7)11-30(28)21-25-16-8-14-15(9-17(16)26-21)23(5,6)20(27)22(14,3)4/h8-10H,11H2,1-7H3,(H,25,26). The van der Waals surface area contributed by atoms with E-state index in [0.717, 1.165) is 44.7 Å². The molecule has 1 aliphatic rings. The number of nitrogens with one attached hydrogen (secondary N) is 1. The van der Waals surface area contributed by atoms with Crippen molar-refractivity contribution in [1.29, 1.82) is 0 Å². The number of aryl methyl sites for hydroxylation is 1. The van der Waals surface area contributed by atoms with Crippen molar-refractivity contribution < 1.29 is 13.7 Å². The van der Waals surface area contributed by atoms with Crippen LogP contribution in [0.15, 0.2) is 23.5 Å². The van der Waals surface area contributed by atoms with Crippen LogP contribution in [0.4, 0.5) is 0 Å². The van der Waals surface area contributed by atoms with E-state index in [1.165, 1.54) is 0 Å². The lowest BCUT2D eigenvalue weighted by atomic mass is 9.80. The maximum Gasteiger partial charge on any atom is 0.197 e. The molecule has 1 unspecified atom stereocenters. The summed E-state index contributed by atoms with van der Waals surface area (Å²) in [5.41, 5.74) is 4.96. The Morgan fingerprint density at radius 2 is 1.73 bits per heavy atom. The van der Waals surface area contributed by atoms with Gasteiger partial charge in [-0.1, -0.05) is 0 Å². The number of aromatic amines is 1. The average molecular weight is 426 g/mol. The SMILES string of the molecule is COc1c(C)cnc(CS(=O)c2nc3cc4c(cc3[nH]2)C(C)(C)C(=O)C4(C)C)c1C. The summed E-state index contributed by atoms with van der Waals surface area (Å²) < 4.78 is 18.5. The number of nitrogens with zero attached hydrogens (tertiary/aromatic N) is 2. The number of imidazole rings is 1. The smallest absolute Gasteiger partial charge is 0.197 e. The van der Waals surface area contributed by atoms with Crippen molar-refractivity contribution in [1.82, 2.24) is 15.0 Å². The molecule has 0 spiro atoms. The third-order valence-electron chi connectivity index (χ3n) is 6.31. The first-order valence-electron chi connectivity index (χ1n) is 9.95. The normalized spacial score (nSPS) is 17.9. The second-order valence-corrected chi connectivity index (χ2v) is 10.4. The number of ketones is 1. The van der Waals surface area contributed by atoms with E-state index in [4.69, 9.17) is 4.74 Å². The quantitative estimate of drug-likeness (QED) is 0.682. The number of fused-ring (bicyclic) bond motifs is 2. The number of benzene rings is 1. The number of ether oxygens (including phenoxy) is 1. The lowest BCUT2D eigenvalue weighted by molar-refractivity contribution is -0.126. The number of hydrogen-bond acceptors (Lipinski definition) is 5. The van der Waals surface area contributed by atoms with E-state index in [0.29, 0.717) is 5.16 Å². The van der Waals surface area contributed by atoms with Gasteiger partial charge in [-0.25, -0.2) is 4.98 Å². The summed E-state index contributed by atoms with van der Waals surface area (Å²) in [6.45, 7) is 11.7. The molecule has 4 rings (SSSR count). The van der Waals surface area contributed by atoms with Crippen molar-refractivity contribution in [3.05, 3.63) is 46.3 Å². The van der Waals surface area contributed by atoms with E-state index in [2.05, 4.69) is 15.0 Å².